The molecule has 0 spiro atoms. The number of carbonyl (C=O) groups excluding carboxylic acids is 1. The summed E-state index contributed by atoms with van der Waals surface area (Å²) in [5, 5.41) is 12.1. The van der Waals surface area contributed by atoms with Gasteiger partial charge in [0.25, 0.3) is 0 Å². The summed E-state index contributed by atoms with van der Waals surface area (Å²) in [6.45, 7) is 5.14. The number of likely N-dealkylation sites (tertiary alicyclic amines) is 1. The normalized spacial score (nSPS) is 17.1. The number of hydrogen-bond acceptors (Lipinski definition) is 3. The summed E-state index contributed by atoms with van der Waals surface area (Å²) in [6, 6.07) is 7.99. The number of nitrogens with one attached hydrogen (secondary N) is 1. The molecule has 0 radical (unpaired) electrons. The van der Waals surface area contributed by atoms with Crippen LogP contribution in [0.15, 0.2) is 48.6 Å². The van der Waals surface area contributed by atoms with Crippen LogP contribution in [0.2, 0.25) is 0 Å². The van der Waals surface area contributed by atoms with Crippen LogP contribution in [0.1, 0.15) is 25.3 Å². The monoisotopic (exact) mass is 314 g/mol. The SMILES string of the molecule is CC=CC=CC(=O)Nc1cccc(CN2CCC(CO)CC2)c1. The van der Waals surface area contributed by atoms with Gasteiger partial charge in [-0.15, -0.1) is 0 Å². The zero-order valence-corrected chi connectivity index (χ0v) is 13.7. The molecule has 1 heterocycles. The first-order valence-electron chi connectivity index (χ1n) is 8.23. The smallest absolute Gasteiger partial charge is 0.248 e. The molecule has 1 aliphatic rings. The van der Waals surface area contributed by atoms with Gasteiger partial charge in [0.2, 0.25) is 5.91 Å². The van der Waals surface area contributed by atoms with Crippen molar-refractivity contribution in [2.75, 3.05) is 25.0 Å². The third kappa shape index (κ3) is 6.00. The molecular weight excluding hydrogens is 288 g/mol. The lowest BCUT2D eigenvalue weighted by molar-refractivity contribution is -0.111. The molecule has 124 valence electrons. The Labute approximate surface area is 138 Å². The van der Waals surface area contributed by atoms with Gasteiger partial charge in [0, 0.05) is 24.9 Å². The number of nitrogens with zero attached hydrogens (tertiary/aromatic N) is 1. The third-order valence-electron chi connectivity index (χ3n) is 4.12. The average Bonchev–Trinajstić information content (AvgIpc) is 2.56. The van der Waals surface area contributed by atoms with Crippen LogP contribution in [-0.4, -0.2) is 35.6 Å². The van der Waals surface area contributed by atoms with E-state index in [0.717, 1.165) is 38.2 Å². The predicted octanol–water partition coefficient (Wildman–Crippen LogP) is 2.96. The van der Waals surface area contributed by atoms with E-state index in [4.69, 9.17) is 0 Å². The van der Waals surface area contributed by atoms with Gasteiger partial charge in [0.15, 0.2) is 0 Å². The highest BCUT2D eigenvalue weighted by atomic mass is 16.3. The number of anilines is 1. The molecule has 4 heteroatoms. The Morgan fingerprint density at radius 3 is 2.83 bits per heavy atom. The van der Waals surface area contributed by atoms with Crippen molar-refractivity contribution in [1.29, 1.82) is 0 Å². The van der Waals surface area contributed by atoms with E-state index in [9.17, 15) is 9.90 Å². The first-order valence-corrected chi connectivity index (χ1v) is 8.23. The lowest BCUT2D eigenvalue weighted by Gasteiger charge is -2.31. The van der Waals surface area contributed by atoms with Gasteiger partial charge in [-0.3, -0.25) is 9.69 Å². The summed E-state index contributed by atoms with van der Waals surface area (Å²) >= 11 is 0. The van der Waals surface area contributed by atoms with E-state index in [-0.39, 0.29) is 5.91 Å². The Hall–Kier alpha value is -1.91. The molecule has 1 saturated heterocycles. The van der Waals surface area contributed by atoms with Crippen molar-refractivity contribution in [2.24, 2.45) is 5.92 Å². The van der Waals surface area contributed by atoms with Crippen LogP contribution >= 0.6 is 0 Å². The summed E-state index contributed by atoms with van der Waals surface area (Å²) in [5.41, 5.74) is 2.02. The van der Waals surface area contributed by atoms with E-state index in [1.807, 2.05) is 37.3 Å². The fraction of sp³-hybridized carbons (Fsp3) is 0.421. The Bertz CT molecular complexity index is 558. The molecule has 1 aromatic rings. The Morgan fingerprint density at radius 1 is 1.35 bits per heavy atom. The van der Waals surface area contributed by atoms with Gasteiger partial charge in [0.1, 0.15) is 0 Å². The van der Waals surface area contributed by atoms with Crippen molar-refractivity contribution >= 4 is 11.6 Å². The third-order valence-corrected chi connectivity index (χ3v) is 4.12. The number of carbonyl (C=O) groups is 1. The molecule has 0 atom stereocenters. The molecular formula is C19H26N2O2. The fourth-order valence-corrected chi connectivity index (χ4v) is 2.77. The quantitative estimate of drug-likeness (QED) is 0.627. The Balaban J connectivity index is 1.88. The minimum atomic E-state index is -0.121. The van der Waals surface area contributed by atoms with Crippen LogP contribution in [0.5, 0.6) is 0 Å². The second-order valence-electron chi connectivity index (χ2n) is 5.98. The topological polar surface area (TPSA) is 52.6 Å². The molecule has 2 rings (SSSR count). The van der Waals surface area contributed by atoms with Crippen LogP contribution in [0.25, 0.3) is 0 Å². The highest BCUT2D eigenvalue weighted by Crippen LogP contribution is 2.19. The van der Waals surface area contributed by atoms with E-state index in [1.54, 1.807) is 6.08 Å². The van der Waals surface area contributed by atoms with Crippen LogP contribution in [0.4, 0.5) is 5.69 Å². The molecule has 4 nitrogen and oxygen atoms in total. The predicted molar refractivity (Wildman–Crippen MR) is 94.1 cm³/mol. The van der Waals surface area contributed by atoms with Crippen LogP contribution in [0.3, 0.4) is 0 Å². The molecule has 0 unspecified atom stereocenters. The van der Waals surface area contributed by atoms with Gasteiger partial charge in [-0.25, -0.2) is 0 Å². The second kappa shape index (κ2) is 9.28. The van der Waals surface area contributed by atoms with Gasteiger partial charge in [-0.05, 0) is 56.5 Å². The molecule has 2 N–H and O–H groups in total. The van der Waals surface area contributed by atoms with E-state index in [2.05, 4.69) is 16.3 Å². The molecule has 0 saturated carbocycles. The molecule has 1 aliphatic heterocycles. The van der Waals surface area contributed by atoms with Crippen LogP contribution in [-0.2, 0) is 11.3 Å². The first kappa shape index (κ1) is 17.4. The van der Waals surface area contributed by atoms with E-state index in [1.165, 1.54) is 11.6 Å². The molecule has 0 aromatic heterocycles. The van der Waals surface area contributed by atoms with Crippen LogP contribution in [0, 0.1) is 5.92 Å². The number of benzene rings is 1. The molecule has 1 amide bonds. The van der Waals surface area contributed by atoms with Gasteiger partial charge < -0.3 is 10.4 Å². The zero-order valence-electron chi connectivity index (χ0n) is 13.7. The number of hydrogen-bond donors (Lipinski definition) is 2. The van der Waals surface area contributed by atoms with E-state index in [0.29, 0.717) is 12.5 Å². The van der Waals surface area contributed by atoms with Crippen molar-refractivity contribution in [1.82, 2.24) is 4.90 Å². The van der Waals surface area contributed by atoms with Crippen molar-refractivity contribution in [3.8, 4) is 0 Å². The summed E-state index contributed by atoms with van der Waals surface area (Å²) < 4.78 is 0. The number of allylic oxidation sites excluding steroid dienone is 3. The minimum Gasteiger partial charge on any atom is -0.396 e. The van der Waals surface area contributed by atoms with E-state index < -0.39 is 0 Å². The second-order valence-corrected chi connectivity index (χ2v) is 5.98. The number of piperidine rings is 1. The standard InChI is InChI=1S/C19H26N2O2/c1-2-3-4-8-19(23)20-18-7-5-6-17(13-18)14-21-11-9-16(15-22)10-12-21/h2-8,13,16,22H,9-12,14-15H2,1H3,(H,20,23). The summed E-state index contributed by atoms with van der Waals surface area (Å²) in [5.74, 6) is 0.338. The fourth-order valence-electron chi connectivity index (χ4n) is 2.77. The lowest BCUT2D eigenvalue weighted by Crippen LogP contribution is -2.34. The molecule has 0 bridgehead atoms. The summed E-state index contributed by atoms with van der Waals surface area (Å²) in [7, 11) is 0. The molecule has 23 heavy (non-hydrogen) atoms. The Morgan fingerprint density at radius 2 is 2.13 bits per heavy atom. The maximum atomic E-state index is 11.8. The Kier molecular flexibility index (Phi) is 7.04. The van der Waals surface area contributed by atoms with Crippen LogP contribution < -0.4 is 5.32 Å². The first-order chi connectivity index (χ1) is 11.2. The highest BCUT2D eigenvalue weighted by molar-refractivity contribution is 5.99. The zero-order chi connectivity index (χ0) is 16.5. The minimum absolute atomic E-state index is 0.121. The van der Waals surface area contributed by atoms with Crippen molar-refractivity contribution in [2.45, 2.75) is 26.3 Å². The van der Waals surface area contributed by atoms with Crippen molar-refractivity contribution in [3.05, 3.63) is 54.1 Å². The molecule has 0 aliphatic carbocycles. The number of rotatable bonds is 6. The highest BCUT2D eigenvalue weighted by Gasteiger charge is 2.18. The van der Waals surface area contributed by atoms with Gasteiger partial charge in [0.05, 0.1) is 0 Å². The maximum Gasteiger partial charge on any atom is 0.248 e. The van der Waals surface area contributed by atoms with Gasteiger partial charge in [-0.2, -0.15) is 0 Å². The number of aliphatic hydroxyl groups excluding tert-OH is 1. The largest absolute Gasteiger partial charge is 0.396 e. The maximum absolute atomic E-state index is 11.8. The van der Waals surface area contributed by atoms with Gasteiger partial charge in [-0.1, -0.05) is 30.4 Å². The lowest BCUT2D eigenvalue weighted by atomic mass is 9.97. The molecule has 1 aromatic carbocycles. The van der Waals surface area contributed by atoms with E-state index >= 15 is 0 Å². The van der Waals surface area contributed by atoms with Gasteiger partial charge >= 0.3 is 0 Å². The number of aliphatic hydroxyl groups is 1. The summed E-state index contributed by atoms with van der Waals surface area (Å²) in [4.78, 5) is 14.2. The molecule has 1 fully saturated rings. The van der Waals surface area contributed by atoms with Crippen molar-refractivity contribution < 1.29 is 9.90 Å². The average molecular weight is 314 g/mol. The summed E-state index contributed by atoms with van der Waals surface area (Å²) in [6.07, 6.45) is 9.07. The number of amides is 1. The van der Waals surface area contributed by atoms with Crippen molar-refractivity contribution in [3.63, 3.8) is 0 Å².